The van der Waals surface area contributed by atoms with Crippen molar-refractivity contribution in [3.05, 3.63) is 82.5 Å². The van der Waals surface area contributed by atoms with Gasteiger partial charge in [-0.25, -0.2) is 4.21 Å². The molecule has 0 spiro atoms. The first-order valence-corrected chi connectivity index (χ1v) is 13.0. The number of hydrogen-bond donors (Lipinski definition) is 2. The van der Waals surface area contributed by atoms with Crippen LogP contribution in [0.1, 0.15) is 37.5 Å². The third-order valence-corrected chi connectivity index (χ3v) is 5.89. The van der Waals surface area contributed by atoms with E-state index in [1.54, 1.807) is 6.07 Å². The smallest absolute Gasteiger partial charge is 0.740 e. The van der Waals surface area contributed by atoms with Gasteiger partial charge in [-0.15, -0.1) is 0 Å². The fourth-order valence-corrected chi connectivity index (χ4v) is 4.38. The van der Waals surface area contributed by atoms with E-state index in [0.717, 1.165) is 45.8 Å². The van der Waals surface area contributed by atoms with Gasteiger partial charge < -0.3 is 18.2 Å². The van der Waals surface area contributed by atoms with Crippen LogP contribution in [0, 0.1) is 6.92 Å². The van der Waals surface area contributed by atoms with Crippen LogP contribution in [0.3, 0.4) is 0 Å². The van der Waals surface area contributed by atoms with Crippen molar-refractivity contribution in [1.82, 2.24) is 0 Å². The quantitative estimate of drug-likeness (QED) is 0.370. The van der Waals surface area contributed by atoms with Crippen molar-refractivity contribution in [2.75, 3.05) is 18.4 Å². The molecule has 3 rings (SSSR count). The van der Waals surface area contributed by atoms with Gasteiger partial charge in [0.1, 0.15) is 17.1 Å². The standard InChI is InChI=1S/C25H28N2O6S2.Na/c1-5-26-22-11-7-18(13-16(22)3)25(19-8-12-23(27-6-2)17(4)14-19)21-10-9-20(32-34(28)29)15-24(21)33-35(30)31;/h7-15,26H,5-6H2,1-4H3,(H,28,29)(H,30,31);/q;+1/p-1/b25-19-,27-23?;. The van der Waals surface area contributed by atoms with Crippen molar-refractivity contribution in [2.45, 2.75) is 27.7 Å². The van der Waals surface area contributed by atoms with Crippen LogP contribution in [0.5, 0.6) is 11.5 Å². The number of aryl methyl sites for hydroxylation is 1. The maximum absolute atomic E-state index is 11.6. The zero-order valence-corrected chi connectivity index (χ0v) is 24.5. The molecule has 2 aromatic carbocycles. The fraction of sp³-hybridized carbons (Fsp3) is 0.240. The number of benzene rings is 2. The molecule has 0 saturated carbocycles. The van der Waals surface area contributed by atoms with Crippen LogP contribution in [0.4, 0.5) is 5.69 Å². The average molecular weight is 539 g/mol. The number of rotatable bonds is 9. The molecule has 0 amide bonds. The van der Waals surface area contributed by atoms with Gasteiger partial charge in [0, 0.05) is 30.4 Å². The molecule has 0 fully saturated rings. The minimum atomic E-state index is -2.81. The van der Waals surface area contributed by atoms with Crippen molar-refractivity contribution < 1.29 is 55.4 Å². The van der Waals surface area contributed by atoms with Crippen molar-refractivity contribution in [2.24, 2.45) is 4.99 Å². The Morgan fingerprint density at radius 2 is 1.83 bits per heavy atom. The Bertz CT molecular complexity index is 1290. The minimum Gasteiger partial charge on any atom is -0.740 e. The number of aliphatic imine (C=N–C) groups is 1. The van der Waals surface area contributed by atoms with E-state index in [-0.39, 0.29) is 41.1 Å². The summed E-state index contributed by atoms with van der Waals surface area (Å²) in [5.41, 5.74) is 6.77. The first-order valence-electron chi connectivity index (χ1n) is 10.9. The van der Waals surface area contributed by atoms with E-state index in [1.807, 2.05) is 64.1 Å². The predicted molar refractivity (Wildman–Crippen MR) is 140 cm³/mol. The van der Waals surface area contributed by atoms with E-state index in [1.165, 1.54) is 12.1 Å². The minimum absolute atomic E-state index is 0. The summed E-state index contributed by atoms with van der Waals surface area (Å²) >= 11 is -5.46. The van der Waals surface area contributed by atoms with Crippen LogP contribution in [-0.2, 0) is 22.7 Å². The number of nitrogens with one attached hydrogen (secondary N) is 1. The van der Waals surface area contributed by atoms with Gasteiger partial charge in [-0.05, 0) is 92.0 Å². The van der Waals surface area contributed by atoms with Crippen LogP contribution in [0.2, 0.25) is 0 Å². The first-order chi connectivity index (χ1) is 16.7. The van der Waals surface area contributed by atoms with E-state index in [0.29, 0.717) is 12.1 Å². The molecule has 186 valence electrons. The monoisotopic (exact) mass is 538 g/mol. The number of allylic oxidation sites excluding steroid dienone is 5. The second-order valence-electron chi connectivity index (χ2n) is 7.66. The molecule has 11 heteroatoms. The number of hydrogen-bond acceptors (Lipinski definition) is 7. The molecule has 0 saturated heterocycles. The third kappa shape index (κ3) is 7.72. The molecule has 2 unspecified atom stereocenters. The Hall–Kier alpha value is -2.05. The zero-order valence-electron chi connectivity index (χ0n) is 20.9. The van der Waals surface area contributed by atoms with Gasteiger partial charge in [-0.1, -0.05) is 12.1 Å². The van der Waals surface area contributed by atoms with Gasteiger partial charge in [0.25, 0.3) is 0 Å². The summed E-state index contributed by atoms with van der Waals surface area (Å²) in [7, 11) is 0. The molecule has 0 radical (unpaired) electrons. The molecule has 0 heterocycles. The van der Waals surface area contributed by atoms with Gasteiger partial charge >= 0.3 is 40.9 Å². The van der Waals surface area contributed by atoms with Gasteiger partial charge in [0.15, 0.2) is 5.75 Å². The van der Waals surface area contributed by atoms with E-state index < -0.39 is 22.7 Å². The fourth-order valence-electron chi connectivity index (χ4n) is 3.83. The normalized spacial score (nSPS) is 17.1. The third-order valence-electron chi connectivity index (χ3n) is 5.24. The largest absolute Gasteiger partial charge is 1.00 e. The van der Waals surface area contributed by atoms with Crippen molar-refractivity contribution in [3.63, 3.8) is 0 Å². The first kappa shape index (κ1) is 30.2. The van der Waals surface area contributed by atoms with E-state index >= 15 is 0 Å². The molecular formula is C25H27N2NaO6S2. The van der Waals surface area contributed by atoms with Gasteiger partial charge in [0.05, 0.1) is 5.71 Å². The molecule has 36 heavy (non-hydrogen) atoms. The second-order valence-corrected chi connectivity index (χ2v) is 8.83. The number of nitrogens with zero attached hydrogens (tertiary/aromatic N) is 1. The van der Waals surface area contributed by atoms with Crippen LogP contribution >= 0.6 is 0 Å². The molecule has 0 aliphatic heterocycles. The Kier molecular flexibility index (Phi) is 11.8. The van der Waals surface area contributed by atoms with Crippen molar-refractivity contribution in [3.8, 4) is 11.5 Å². The SMILES string of the molecule is CCN=C1C=C/C(=C(\c2ccc(NCC)c(C)c2)c2ccc(OS(=O)[O-])cc2OS(=O)O)C=C1C.[Na+]. The van der Waals surface area contributed by atoms with Crippen LogP contribution in [-0.4, -0.2) is 36.3 Å². The van der Waals surface area contributed by atoms with Crippen LogP contribution < -0.4 is 43.2 Å². The summed E-state index contributed by atoms with van der Waals surface area (Å²) in [6.07, 6.45) is 5.85. The molecule has 0 aromatic heterocycles. The van der Waals surface area contributed by atoms with E-state index in [9.17, 15) is 17.5 Å². The molecule has 2 atom stereocenters. The summed E-state index contributed by atoms with van der Waals surface area (Å²) in [5, 5.41) is 3.32. The summed E-state index contributed by atoms with van der Waals surface area (Å²) < 4.78 is 53.0. The molecule has 1 aliphatic rings. The van der Waals surface area contributed by atoms with Crippen molar-refractivity contribution >= 4 is 39.7 Å². The Balaban J connectivity index is 0.00000456. The summed E-state index contributed by atoms with van der Waals surface area (Å²) in [5.74, 6) is -0.0500. The Labute approximate surface area is 238 Å². The molecule has 2 aromatic rings. The van der Waals surface area contributed by atoms with E-state index in [2.05, 4.69) is 10.3 Å². The molecular weight excluding hydrogens is 511 g/mol. The summed E-state index contributed by atoms with van der Waals surface area (Å²) in [6, 6.07) is 10.3. The van der Waals surface area contributed by atoms with Crippen LogP contribution in [0.15, 0.2) is 70.8 Å². The van der Waals surface area contributed by atoms with Crippen LogP contribution in [0.25, 0.3) is 5.57 Å². The Morgan fingerprint density at radius 3 is 2.42 bits per heavy atom. The maximum Gasteiger partial charge on any atom is 1.00 e. The predicted octanol–water partition coefficient (Wildman–Crippen LogP) is 1.90. The molecule has 8 nitrogen and oxygen atoms in total. The zero-order chi connectivity index (χ0) is 25.5. The van der Waals surface area contributed by atoms with E-state index in [4.69, 9.17) is 8.37 Å². The van der Waals surface area contributed by atoms with Gasteiger partial charge in [-0.3, -0.25) is 9.55 Å². The molecule has 2 N–H and O–H groups in total. The maximum atomic E-state index is 11.6. The molecule has 1 aliphatic carbocycles. The van der Waals surface area contributed by atoms with Gasteiger partial charge in [0.2, 0.25) is 0 Å². The number of anilines is 1. The molecule has 0 bridgehead atoms. The van der Waals surface area contributed by atoms with Gasteiger partial charge in [-0.2, -0.15) is 4.21 Å². The topological polar surface area (TPSA) is 120 Å². The van der Waals surface area contributed by atoms with Crippen molar-refractivity contribution in [1.29, 1.82) is 0 Å². The Morgan fingerprint density at radius 1 is 1.08 bits per heavy atom. The average Bonchev–Trinajstić information content (AvgIpc) is 2.78. The summed E-state index contributed by atoms with van der Waals surface area (Å²) in [4.78, 5) is 4.50. The summed E-state index contributed by atoms with van der Waals surface area (Å²) in [6.45, 7) is 9.39. The second kappa shape index (κ2) is 14.0.